The molecular formula is C18H22N4O2S. The predicted octanol–water partition coefficient (Wildman–Crippen LogP) is 1.52. The molecule has 0 saturated carbocycles. The summed E-state index contributed by atoms with van der Waals surface area (Å²) in [5.74, 6) is 0.948. The fourth-order valence-corrected chi connectivity index (χ4v) is 5.18. The van der Waals surface area contributed by atoms with Gasteiger partial charge in [0.05, 0.1) is 6.26 Å². The average molecular weight is 358 g/mol. The van der Waals surface area contributed by atoms with Gasteiger partial charge in [-0.3, -0.25) is 0 Å². The monoisotopic (exact) mass is 358 g/mol. The molecule has 0 aliphatic carbocycles. The summed E-state index contributed by atoms with van der Waals surface area (Å²) in [6, 6.07) is 12.2. The minimum atomic E-state index is -3.21. The Balaban J connectivity index is 1.69. The van der Waals surface area contributed by atoms with Crippen molar-refractivity contribution in [1.29, 1.82) is 0 Å². The Morgan fingerprint density at radius 3 is 2.48 bits per heavy atom. The highest BCUT2D eigenvalue weighted by molar-refractivity contribution is 7.88. The fourth-order valence-electron chi connectivity index (χ4n) is 4.27. The highest BCUT2D eigenvalue weighted by Crippen LogP contribution is 2.46. The van der Waals surface area contributed by atoms with Crippen LogP contribution in [0.4, 0.5) is 5.95 Å². The SMILES string of the molecule is CS(=O)(=O)N1C[C@@H]2CN(c3ncccn3)CC[C@]2(c2ccccc2)C1. The van der Waals surface area contributed by atoms with Crippen molar-refractivity contribution in [2.24, 2.45) is 5.92 Å². The number of sulfonamides is 1. The molecule has 132 valence electrons. The first kappa shape index (κ1) is 16.5. The number of hydrogen-bond acceptors (Lipinski definition) is 5. The van der Waals surface area contributed by atoms with Crippen molar-refractivity contribution in [3.63, 3.8) is 0 Å². The van der Waals surface area contributed by atoms with Crippen LogP contribution in [0.1, 0.15) is 12.0 Å². The van der Waals surface area contributed by atoms with E-state index in [9.17, 15) is 8.42 Å². The lowest BCUT2D eigenvalue weighted by atomic mass is 9.68. The van der Waals surface area contributed by atoms with E-state index in [1.807, 2.05) is 24.3 Å². The Kier molecular flexibility index (Phi) is 4.00. The summed E-state index contributed by atoms with van der Waals surface area (Å²) in [7, 11) is -3.21. The Morgan fingerprint density at radius 1 is 1.08 bits per heavy atom. The number of anilines is 1. The summed E-state index contributed by atoms with van der Waals surface area (Å²) in [5.41, 5.74) is 1.11. The van der Waals surface area contributed by atoms with Crippen LogP contribution in [0.2, 0.25) is 0 Å². The molecule has 2 aliphatic rings. The van der Waals surface area contributed by atoms with E-state index in [0.29, 0.717) is 13.1 Å². The summed E-state index contributed by atoms with van der Waals surface area (Å²) in [4.78, 5) is 10.9. The van der Waals surface area contributed by atoms with E-state index in [4.69, 9.17) is 0 Å². The molecule has 2 saturated heterocycles. The van der Waals surface area contributed by atoms with E-state index in [1.165, 1.54) is 11.8 Å². The van der Waals surface area contributed by atoms with Gasteiger partial charge in [-0.1, -0.05) is 30.3 Å². The van der Waals surface area contributed by atoms with Crippen LogP contribution in [0.25, 0.3) is 0 Å². The van der Waals surface area contributed by atoms with Gasteiger partial charge in [0.2, 0.25) is 16.0 Å². The Bertz CT molecular complexity index is 844. The predicted molar refractivity (Wildman–Crippen MR) is 96.9 cm³/mol. The van der Waals surface area contributed by atoms with Gasteiger partial charge in [0.1, 0.15) is 0 Å². The highest BCUT2D eigenvalue weighted by atomic mass is 32.2. The third-order valence-corrected chi connectivity index (χ3v) is 6.80. The number of fused-ring (bicyclic) bond motifs is 1. The van der Waals surface area contributed by atoms with Gasteiger partial charge < -0.3 is 4.90 Å². The van der Waals surface area contributed by atoms with Gasteiger partial charge in [-0.15, -0.1) is 0 Å². The van der Waals surface area contributed by atoms with Crippen molar-refractivity contribution in [1.82, 2.24) is 14.3 Å². The molecule has 0 amide bonds. The van der Waals surface area contributed by atoms with Crippen LogP contribution < -0.4 is 4.90 Å². The topological polar surface area (TPSA) is 66.4 Å². The molecule has 0 N–H and O–H groups in total. The van der Waals surface area contributed by atoms with E-state index >= 15 is 0 Å². The largest absolute Gasteiger partial charge is 0.340 e. The molecule has 2 fully saturated rings. The van der Waals surface area contributed by atoms with Crippen molar-refractivity contribution in [3.8, 4) is 0 Å². The smallest absolute Gasteiger partial charge is 0.225 e. The maximum absolute atomic E-state index is 12.2. The van der Waals surface area contributed by atoms with Crippen LogP contribution in [0.5, 0.6) is 0 Å². The molecule has 2 aromatic rings. The lowest BCUT2D eigenvalue weighted by Crippen LogP contribution is -2.50. The van der Waals surface area contributed by atoms with Crippen molar-refractivity contribution in [2.45, 2.75) is 11.8 Å². The molecule has 0 spiro atoms. The number of piperidine rings is 1. The second kappa shape index (κ2) is 6.07. The first-order chi connectivity index (χ1) is 12.0. The number of nitrogens with zero attached hydrogens (tertiary/aromatic N) is 4. The molecule has 6 nitrogen and oxygen atoms in total. The van der Waals surface area contributed by atoms with Crippen molar-refractivity contribution in [3.05, 3.63) is 54.4 Å². The van der Waals surface area contributed by atoms with Gasteiger partial charge >= 0.3 is 0 Å². The van der Waals surface area contributed by atoms with E-state index in [1.54, 1.807) is 16.7 Å². The molecule has 1 aromatic heterocycles. The summed E-state index contributed by atoms with van der Waals surface area (Å²) in [6.07, 6.45) is 5.70. The first-order valence-corrected chi connectivity index (χ1v) is 10.4. The molecular weight excluding hydrogens is 336 g/mol. The van der Waals surface area contributed by atoms with Gasteiger partial charge in [0.25, 0.3) is 0 Å². The fraction of sp³-hybridized carbons (Fsp3) is 0.444. The van der Waals surface area contributed by atoms with Gasteiger partial charge in [-0.25, -0.2) is 22.7 Å². The first-order valence-electron chi connectivity index (χ1n) is 8.52. The third kappa shape index (κ3) is 2.91. The standard InChI is InChI=1S/C18H22N4O2S/c1-25(23,24)22-13-16-12-21(17-19-9-5-10-20-17)11-8-18(16,14-22)15-6-3-2-4-7-15/h2-7,9-10,16H,8,11-14H2,1H3/t16-,18+/m0/s1. The van der Waals surface area contributed by atoms with Crippen molar-refractivity contribution in [2.75, 3.05) is 37.3 Å². The van der Waals surface area contributed by atoms with Gasteiger partial charge in [-0.05, 0) is 18.1 Å². The Morgan fingerprint density at radius 2 is 1.80 bits per heavy atom. The quantitative estimate of drug-likeness (QED) is 0.832. The Hall–Kier alpha value is -1.99. The zero-order chi connectivity index (χ0) is 17.5. The van der Waals surface area contributed by atoms with Crippen LogP contribution in [0.3, 0.4) is 0 Å². The van der Waals surface area contributed by atoms with Gasteiger partial charge in [-0.2, -0.15) is 0 Å². The molecule has 2 aliphatic heterocycles. The van der Waals surface area contributed by atoms with Crippen molar-refractivity contribution < 1.29 is 8.42 Å². The molecule has 0 radical (unpaired) electrons. The van der Waals surface area contributed by atoms with E-state index in [2.05, 4.69) is 27.0 Å². The third-order valence-electron chi connectivity index (χ3n) is 5.59. The van der Waals surface area contributed by atoms with Crippen LogP contribution >= 0.6 is 0 Å². The summed E-state index contributed by atoms with van der Waals surface area (Å²) in [6.45, 7) is 2.71. The maximum atomic E-state index is 12.2. The molecule has 0 bridgehead atoms. The molecule has 2 atom stereocenters. The van der Waals surface area contributed by atoms with Crippen molar-refractivity contribution >= 4 is 16.0 Å². The van der Waals surface area contributed by atoms with E-state index in [-0.39, 0.29) is 11.3 Å². The molecule has 3 heterocycles. The van der Waals surface area contributed by atoms with Crippen LogP contribution in [0, 0.1) is 5.92 Å². The summed E-state index contributed by atoms with van der Waals surface area (Å²) >= 11 is 0. The van der Waals surface area contributed by atoms with E-state index in [0.717, 1.165) is 25.5 Å². The second-order valence-electron chi connectivity index (χ2n) is 7.02. The van der Waals surface area contributed by atoms with E-state index < -0.39 is 10.0 Å². The van der Waals surface area contributed by atoms with Crippen LogP contribution in [0.15, 0.2) is 48.8 Å². The number of aromatic nitrogens is 2. The molecule has 4 rings (SSSR count). The number of rotatable bonds is 3. The summed E-state index contributed by atoms with van der Waals surface area (Å²) < 4.78 is 26.0. The van der Waals surface area contributed by atoms with Gasteiger partial charge in [0.15, 0.2) is 0 Å². The highest BCUT2D eigenvalue weighted by Gasteiger charge is 2.52. The second-order valence-corrected chi connectivity index (χ2v) is 9.00. The number of hydrogen-bond donors (Lipinski definition) is 0. The maximum Gasteiger partial charge on any atom is 0.225 e. The zero-order valence-corrected chi connectivity index (χ0v) is 15.1. The Labute approximate surface area is 148 Å². The normalized spacial score (nSPS) is 27.2. The average Bonchev–Trinajstić information content (AvgIpc) is 3.04. The minimum Gasteiger partial charge on any atom is -0.340 e. The molecule has 1 aromatic carbocycles. The zero-order valence-electron chi connectivity index (χ0n) is 14.2. The number of benzene rings is 1. The minimum absolute atomic E-state index is 0.129. The lowest BCUT2D eigenvalue weighted by molar-refractivity contribution is 0.281. The van der Waals surface area contributed by atoms with Gasteiger partial charge in [0, 0.05) is 49.9 Å². The van der Waals surface area contributed by atoms with Crippen LogP contribution in [-0.4, -0.2) is 55.1 Å². The molecule has 7 heteroatoms. The summed E-state index contributed by atoms with van der Waals surface area (Å²) in [5, 5.41) is 0. The molecule has 0 unspecified atom stereocenters. The van der Waals surface area contributed by atoms with Crippen LogP contribution in [-0.2, 0) is 15.4 Å². The lowest BCUT2D eigenvalue weighted by Gasteiger charge is -2.44. The molecule has 25 heavy (non-hydrogen) atoms.